The third-order valence-electron chi connectivity index (χ3n) is 2.97. The minimum atomic E-state index is -5.28. The van der Waals surface area contributed by atoms with Crippen LogP contribution in [0.5, 0.6) is 0 Å². The van der Waals surface area contributed by atoms with E-state index >= 15 is 0 Å². The normalized spacial score (nSPS) is 20.1. The number of nitrogens with zero attached hydrogens (tertiary/aromatic N) is 2. The lowest BCUT2D eigenvalue weighted by Crippen LogP contribution is -2.30. The maximum absolute atomic E-state index is 13.2. The van der Waals surface area contributed by atoms with E-state index in [2.05, 4.69) is 3.77 Å². The molecular formula is C11H13F3N2O3S2. The highest BCUT2D eigenvalue weighted by Gasteiger charge is 2.47. The van der Waals surface area contributed by atoms with Crippen molar-refractivity contribution >= 4 is 19.9 Å². The van der Waals surface area contributed by atoms with Crippen molar-refractivity contribution in [2.24, 2.45) is 3.77 Å². The molecule has 1 aromatic rings. The number of benzene rings is 1. The molecule has 1 saturated heterocycles. The number of alkyl halides is 3. The maximum atomic E-state index is 13.2. The molecule has 0 aliphatic carbocycles. The summed E-state index contributed by atoms with van der Waals surface area (Å²) in [4.78, 5) is -0.666. The predicted molar refractivity (Wildman–Crippen MR) is 71.1 cm³/mol. The maximum Gasteiger partial charge on any atom is 0.484 e. The molecule has 0 spiro atoms. The van der Waals surface area contributed by atoms with E-state index in [9.17, 15) is 25.8 Å². The van der Waals surface area contributed by atoms with Gasteiger partial charge < -0.3 is 0 Å². The van der Waals surface area contributed by atoms with E-state index in [1.54, 1.807) is 0 Å². The first kappa shape index (κ1) is 16.2. The Morgan fingerprint density at radius 1 is 1.00 bits per heavy atom. The second-order valence-corrected chi connectivity index (χ2v) is 8.44. The fourth-order valence-electron chi connectivity index (χ4n) is 1.92. The molecule has 2 rings (SSSR count). The fourth-order valence-corrected chi connectivity index (χ4v) is 5.56. The highest BCUT2D eigenvalue weighted by atomic mass is 32.3. The van der Waals surface area contributed by atoms with E-state index in [0.29, 0.717) is 12.8 Å². The Morgan fingerprint density at radius 2 is 1.52 bits per heavy atom. The highest BCUT2D eigenvalue weighted by molar-refractivity contribution is 8.03. The summed E-state index contributed by atoms with van der Waals surface area (Å²) in [5.41, 5.74) is -5.28. The number of rotatable bonds is 3. The van der Waals surface area contributed by atoms with E-state index in [1.807, 2.05) is 0 Å². The van der Waals surface area contributed by atoms with Crippen LogP contribution in [0.3, 0.4) is 0 Å². The van der Waals surface area contributed by atoms with Gasteiger partial charge in [-0.1, -0.05) is 22.0 Å². The lowest BCUT2D eigenvalue weighted by molar-refractivity contribution is -0.0402. The Bertz CT molecular complexity index is 717. The van der Waals surface area contributed by atoms with Crippen LogP contribution < -0.4 is 0 Å². The molecule has 0 bridgehead atoms. The van der Waals surface area contributed by atoms with E-state index in [4.69, 9.17) is 0 Å². The van der Waals surface area contributed by atoms with Crippen molar-refractivity contribution < 1.29 is 25.8 Å². The second kappa shape index (κ2) is 5.58. The fraction of sp³-hybridized carbons (Fsp3) is 0.455. The Kier molecular flexibility index (Phi) is 4.31. The molecule has 0 saturated carbocycles. The Hall–Kier alpha value is -1.13. The standard InChI is InChI=1S/C11H13F3N2O3S2/c12-11(13,14)20(17,10-6-2-1-3-7-10)15-21(18,19)16-8-4-5-9-16/h1-3,6-7H,4-5,8-9H2. The second-order valence-electron chi connectivity index (χ2n) is 4.44. The van der Waals surface area contributed by atoms with E-state index < -0.39 is 30.3 Å². The van der Waals surface area contributed by atoms with Gasteiger partial charge in [-0.15, -0.1) is 0 Å². The molecule has 0 N–H and O–H groups in total. The molecule has 21 heavy (non-hydrogen) atoms. The summed E-state index contributed by atoms with van der Waals surface area (Å²) < 4.78 is 79.2. The van der Waals surface area contributed by atoms with Gasteiger partial charge in [0.1, 0.15) is 0 Å². The van der Waals surface area contributed by atoms with Gasteiger partial charge in [-0.05, 0) is 25.0 Å². The van der Waals surface area contributed by atoms with Gasteiger partial charge >= 0.3 is 15.7 Å². The van der Waals surface area contributed by atoms with Gasteiger partial charge in [0.15, 0.2) is 9.73 Å². The summed E-state index contributed by atoms with van der Waals surface area (Å²) >= 11 is 0. The molecule has 1 unspecified atom stereocenters. The summed E-state index contributed by atoms with van der Waals surface area (Å²) in [5, 5.41) is 0. The van der Waals surface area contributed by atoms with Crippen molar-refractivity contribution in [2.45, 2.75) is 23.2 Å². The Balaban J connectivity index is 2.62. The molecule has 118 valence electrons. The van der Waals surface area contributed by atoms with Crippen molar-refractivity contribution in [3.63, 3.8) is 0 Å². The van der Waals surface area contributed by atoms with Gasteiger partial charge in [-0.25, -0.2) is 4.21 Å². The van der Waals surface area contributed by atoms with Gasteiger partial charge in [0.2, 0.25) is 0 Å². The van der Waals surface area contributed by atoms with Crippen molar-refractivity contribution in [3.8, 4) is 0 Å². The lowest BCUT2D eigenvalue weighted by Gasteiger charge is -2.16. The SMILES string of the molecule is O=S(=O)(N=S(=O)(c1ccccc1)C(F)(F)F)N1CCCC1. The lowest BCUT2D eigenvalue weighted by atomic mass is 10.4. The Labute approximate surface area is 121 Å². The summed E-state index contributed by atoms with van der Waals surface area (Å²) in [6, 6.07) is 5.85. The molecular weight excluding hydrogens is 329 g/mol. The Morgan fingerprint density at radius 3 is 2.00 bits per heavy atom. The first-order valence-corrected chi connectivity index (χ1v) is 8.98. The summed E-state index contributed by atoms with van der Waals surface area (Å²) in [6.07, 6.45) is 1.10. The van der Waals surface area contributed by atoms with Crippen LogP contribution in [0.15, 0.2) is 39.0 Å². The number of hydrogen-bond acceptors (Lipinski definition) is 3. The zero-order valence-electron chi connectivity index (χ0n) is 10.8. The third-order valence-corrected chi connectivity index (χ3v) is 7.12. The summed E-state index contributed by atoms with van der Waals surface area (Å²) in [6.45, 7) is 0.183. The van der Waals surface area contributed by atoms with E-state index in [-0.39, 0.29) is 13.1 Å². The van der Waals surface area contributed by atoms with Crippen LogP contribution in [-0.2, 0) is 19.9 Å². The average Bonchev–Trinajstić information content (AvgIpc) is 2.92. The molecule has 1 atom stereocenters. The zero-order chi connectivity index (χ0) is 15.7. The molecule has 0 amide bonds. The number of halogens is 3. The van der Waals surface area contributed by atoms with Crippen LogP contribution >= 0.6 is 0 Å². The van der Waals surface area contributed by atoms with Crippen LogP contribution in [0.25, 0.3) is 0 Å². The molecule has 1 aliphatic rings. The van der Waals surface area contributed by atoms with Gasteiger partial charge in [0.05, 0.1) is 4.90 Å². The van der Waals surface area contributed by atoms with Gasteiger partial charge in [-0.2, -0.15) is 25.9 Å². The van der Waals surface area contributed by atoms with Crippen LogP contribution in [0.1, 0.15) is 12.8 Å². The van der Waals surface area contributed by atoms with Crippen LogP contribution in [0.4, 0.5) is 13.2 Å². The smallest absolute Gasteiger partial charge is 0.235 e. The predicted octanol–water partition coefficient (Wildman–Crippen LogP) is 2.37. The number of hydrogen-bond donors (Lipinski definition) is 0. The van der Waals surface area contributed by atoms with Crippen molar-refractivity contribution in [1.82, 2.24) is 4.31 Å². The largest absolute Gasteiger partial charge is 0.484 e. The first-order valence-electron chi connectivity index (χ1n) is 6.07. The van der Waals surface area contributed by atoms with Crippen molar-refractivity contribution in [1.29, 1.82) is 0 Å². The minimum absolute atomic E-state index is 0.0913. The van der Waals surface area contributed by atoms with Crippen molar-refractivity contribution in [2.75, 3.05) is 13.1 Å². The topological polar surface area (TPSA) is 66.8 Å². The monoisotopic (exact) mass is 342 g/mol. The average molecular weight is 342 g/mol. The van der Waals surface area contributed by atoms with E-state index in [0.717, 1.165) is 16.4 Å². The molecule has 5 nitrogen and oxygen atoms in total. The summed E-state index contributed by atoms with van der Waals surface area (Å²) in [7, 11) is -9.67. The van der Waals surface area contributed by atoms with E-state index in [1.165, 1.54) is 18.2 Å². The van der Waals surface area contributed by atoms with Crippen LogP contribution in [-0.4, -0.2) is 35.5 Å². The summed E-state index contributed by atoms with van der Waals surface area (Å²) in [5.74, 6) is 0. The van der Waals surface area contributed by atoms with Gasteiger partial charge in [0.25, 0.3) is 0 Å². The molecule has 1 aromatic carbocycles. The molecule has 0 aromatic heterocycles. The minimum Gasteiger partial charge on any atom is -0.235 e. The van der Waals surface area contributed by atoms with Gasteiger partial charge in [0, 0.05) is 13.1 Å². The van der Waals surface area contributed by atoms with Crippen LogP contribution in [0.2, 0.25) is 0 Å². The first-order chi connectivity index (χ1) is 9.67. The van der Waals surface area contributed by atoms with Gasteiger partial charge in [-0.3, -0.25) is 0 Å². The molecule has 1 aliphatic heterocycles. The third kappa shape index (κ3) is 3.22. The zero-order valence-corrected chi connectivity index (χ0v) is 12.4. The van der Waals surface area contributed by atoms with Crippen LogP contribution in [0, 0.1) is 0 Å². The molecule has 10 heteroatoms. The quantitative estimate of drug-likeness (QED) is 0.847. The highest BCUT2D eigenvalue weighted by Crippen LogP contribution is 2.34. The van der Waals surface area contributed by atoms with Crippen molar-refractivity contribution in [3.05, 3.63) is 30.3 Å². The molecule has 1 fully saturated rings. The molecule has 1 heterocycles. The molecule has 0 radical (unpaired) electrons.